The number of aromatic nitrogens is 2. The first-order chi connectivity index (χ1) is 8.83. The molecule has 0 radical (unpaired) electrons. The summed E-state index contributed by atoms with van der Waals surface area (Å²) in [6.07, 6.45) is 3.62. The fraction of sp³-hybridized carbons (Fsp3) is 0.231. The van der Waals surface area contributed by atoms with Crippen molar-refractivity contribution < 1.29 is 4.74 Å². The third-order valence-corrected chi connectivity index (χ3v) is 3.29. The summed E-state index contributed by atoms with van der Waals surface area (Å²) >= 11 is 3.40. The van der Waals surface area contributed by atoms with E-state index in [1.54, 1.807) is 0 Å². The molecule has 0 amide bonds. The summed E-state index contributed by atoms with van der Waals surface area (Å²) in [5, 5.41) is 0. The number of fused-ring (bicyclic) bond motifs is 1. The van der Waals surface area contributed by atoms with Crippen molar-refractivity contribution in [2.75, 3.05) is 18.1 Å². The van der Waals surface area contributed by atoms with Crippen molar-refractivity contribution in [1.29, 1.82) is 0 Å². The monoisotopic (exact) mass is 305 g/mol. The number of ether oxygens (including phenoxy) is 1. The predicted molar refractivity (Wildman–Crippen MR) is 72.7 cm³/mol. The van der Waals surface area contributed by atoms with E-state index in [4.69, 9.17) is 4.74 Å². The number of nitrogens with zero attached hydrogens (tertiary/aromatic N) is 3. The van der Waals surface area contributed by atoms with E-state index in [-0.39, 0.29) is 0 Å². The second-order valence-electron chi connectivity index (χ2n) is 4.08. The molecule has 0 N–H and O–H groups in total. The fourth-order valence-corrected chi connectivity index (χ4v) is 2.29. The highest BCUT2D eigenvalue weighted by molar-refractivity contribution is 9.10. The zero-order valence-corrected chi connectivity index (χ0v) is 11.3. The molecule has 2 aromatic heterocycles. The zero-order chi connectivity index (χ0) is 12.4. The van der Waals surface area contributed by atoms with E-state index < -0.39 is 0 Å². The lowest BCUT2D eigenvalue weighted by Crippen LogP contribution is -2.33. The third kappa shape index (κ3) is 2.31. The van der Waals surface area contributed by atoms with Crippen molar-refractivity contribution in [1.82, 2.24) is 9.97 Å². The van der Waals surface area contributed by atoms with Crippen molar-refractivity contribution in [2.45, 2.75) is 6.54 Å². The van der Waals surface area contributed by atoms with E-state index in [2.05, 4.69) is 30.8 Å². The Morgan fingerprint density at radius 3 is 2.89 bits per heavy atom. The number of pyridine rings is 2. The van der Waals surface area contributed by atoms with Gasteiger partial charge in [-0.05, 0) is 45.8 Å². The molecule has 0 saturated heterocycles. The van der Waals surface area contributed by atoms with Crippen molar-refractivity contribution in [3.05, 3.63) is 46.8 Å². The van der Waals surface area contributed by atoms with E-state index in [0.717, 1.165) is 29.3 Å². The highest BCUT2D eigenvalue weighted by atomic mass is 79.9. The molecule has 0 unspecified atom stereocenters. The average Bonchev–Trinajstić information content (AvgIpc) is 2.41. The van der Waals surface area contributed by atoms with Crippen LogP contribution < -0.4 is 9.64 Å². The zero-order valence-electron chi connectivity index (χ0n) is 9.71. The third-order valence-electron chi connectivity index (χ3n) is 2.85. The summed E-state index contributed by atoms with van der Waals surface area (Å²) in [6, 6.07) is 7.89. The molecule has 92 valence electrons. The SMILES string of the molecule is Brc1ccc2c(n1)N(Cc1ccncc1)CCO2. The summed E-state index contributed by atoms with van der Waals surface area (Å²) in [5.74, 6) is 1.74. The molecule has 0 aromatic carbocycles. The Hall–Kier alpha value is -1.62. The standard InChI is InChI=1S/C13H12BrN3O/c14-12-2-1-11-13(16-12)17(7-8-18-11)9-10-3-5-15-6-4-10/h1-6H,7-9H2. The van der Waals surface area contributed by atoms with Gasteiger partial charge in [-0.1, -0.05) is 0 Å². The van der Waals surface area contributed by atoms with Gasteiger partial charge in [-0.2, -0.15) is 0 Å². The van der Waals surface area contributed by atoms with Gasteiger partial charge in [0.15, 0.2) is 11.6 Å². The van der Waals surface area contributed by atoms with Crippen LogP contribution in [0.1, 0.15) is 5.56 Å². The van der Waals surface area contributed by atoms with Crippen LogP contribution in [-0.4, -0.2) is 23.1 Å². The first-order valence-corrected chi connectivity index (χ1v) is 6.55. The molecule has 0 fully saturated rings. The van der Waals surface area contributed by atoms with Crippen molar-refractivity contribution in [3.63, 3.8) is 0 Å². The van der Waals surface area contributed by atoms with Crippen LogP contribution in [0.4, 0.5) is 5.82 Å². The molecule has 18 heavy (non-hydrogen) atoms. The Morgan fingerprint density at radius 2 is 2.06 bits per heavy atom. The summed E-state index contributed by atoms with van der Waals surface area (Å²) in [6.45, 7) is 2.36. The topological polar surface area (TPSA) is 38.2 Å². The van der Waals surface area contributed by atoms with E-state index in [0.29, 0.717) is 6.61 Å². The van der Waals surface area contributed by atoms with Crippen LogP contribution in [0.25, 0.3) is 0 Å². The molecule has 1 aliphatic heterocycles. The van der Waals surface area contributed by atoms with Gasteiger partial charge in [0.25, 0.3) is 0 Å². The maximum absolute atomic E-state index is 5.61. The van der Waals surface area contributed by atoms with Gasteiger partial charge in [0.1, 0.15) is 11.2 Å². The smallest absolute Gasteiger partial charge is 0.172 e. The van der Waals surface area contributed by atoms with Crippen LogP contribution in [0.3, 0.4) is 0 Å². The molecule has 2 aromatic rings. The van der Waals surface area contributed by atoms with Crippen LogP contribution >= 0.6 is 15.9 Å². The lowest BCUT2D eigenvalue weighted by molar-refractivity contribution is 0.304. The minimum atomic E-state index is 0.696. The van der Waals surface area contributed by atoms with E-state index in [1.807, 2.05) is 36.7 Å². The lowest BCUT2D eigenvalue weighted by Gasteiger charge is -2.30. The number of halogens is 1. The Morgan fingerprint density at radius 1 is 1.22 bits per heavy atom. The van der Waals surface area contributed by atoms with Gasteiger partial charge >= 0.3 is 0 Å². The van der Waals surface area contributed by atoms with Crippen molar-refractivity contribution in [3.8, 4) is 5.75 Å². The molecule has 0 atom stereocenters. The molecule has 0 spiro atoms. The molecule has 4 nitrogen and oxygen atoms in total. The van der Waals surface area contributed by atoms with Crippen molar-refractivity contribution in [2.24, 2.45) is 0 Å². The fourth-order valence-electron chi connectivity index (χ4n) is 1.99. The molecule has 0 bridgehead atoms. The Bertz CT molecular complexity index is 547. The first-order valence-electron chi connectivity index (χ1n) is 5.76. The van der Waals surface area contributed by atoms with Crippen LogP contribution in [0.2, 0.25) is 0 Å². The summed E-state index contributed by atoms with van der Waals surface area (Å²) < 4.78 is 6.43. The van der Waals surface area contributed by atoms with Gasteiger partial charge in [-0.25, -0.2) is 4.98 Å². The van der Waals surface area contributed by atoms with Gasteiger partial charge in [0, 0.05) is 18.9 Å². The highest BCUT2D eigenvalue weighted by Gasteiger charge is 2.19. The number of hydrogen-bond donors (Lipinski definition) is 0. The molecular weight excluding hydrogens is 294 g/mol. The normalized spacial score (nSPS) is 13.9. The van der Waals surface area contributed by atoms with E-state index >= 15 is 0 Å². The van der Waals surface area contributed by atoms with E-state index in [9.17, 15) is 0 Å². The number of anilines is 1. The first kappa shape index (κ1) is 11.5. The largest absolute Gasteiger partial charge is 0.488 e. The van der Waals surface area contributed by atoms with Gasteiger partial charge in [-0.15, -0.1) is 0 Å². The van der Waals surface area contributed by atoms with Gasteiger partial charge in [-0.3, -0.25) is 4.98 Å². The maximum Gasteiger partial charge on any atom is 0.172 e. The summed E-state index contributed by atoms with van der Waals surface area (Å²) in [5.41, 5.74) is 1.22. The predicted octanol–water partition coefficient (Wildman–Crippen LogP) is 2.64. The average molecular weight is 306 g/mol. The molecule has 3 rings (SSSR count). The molecule has 0 saturated carbocycles. The summed E-state index contributed by atoms with van der Waals surface area (Å²) in [4.78, 5) is 10.7. The molecule has 1 aliphatic rings. The molecular formula is C13H12BrN3O. The second kappa shape index (κ2) is 4.94. The van der Waals surface area contributed by atoms with Gasteiger partial charge < -0.3 is 9.64 Å². The Labute approximate surface area is 114 Å². The molecule has 0 aliphatic carbocycles. The quantitative estimate of drug-likeness (QED) is 0.800. The number of hydrogen-bond acceptors (Lipinski definition) is 4. The maximum atomic E-state index is 5.61. The van der Waals surface area contributed by atoms with Crippen LogP contribution in [0.5, 0.6) is 5.75 Å². The van der Waals surface area contributed by atoms with Gasteiger partial charge in [0.05, 0.1) is 6.54 Å². The second-order valence-corrected chi connectivity index (χ2v) is 4.89. The molecule has 3 heterocycles. The van der Waals surface area contributed by atoms with Crippen LogP contribution in [-0.2, 0) is 6.54 Å². The highest BCUT2D eigenvalue weighted by Crippen LogP contribution is 2.31. The minimum absolute atomic E-state index is 0.696. The van der Waals surface area contributed by atoms with Crippen LogP contribution in [0, 0.1) is 0 Å². The summed E-state index contributed by atoms with van der Waals surface area (Å²) in [7, 11) is 0. The Kier molecular flexibility index (Phi) is 3.15. The van der Waals surface area contributed by atoms with Crippen molar-refractivity contribution >= 4 is 21.7 Å². The minimum Gasteiger partial charge on any atom is -0.488 e. The van der Waals surface area contributed by atoms with Gasteiger partial charge in [0.2, 0.25) is 0 Å². The molecule has 5 heteroatoms. The van der Waals surface area contributed by atoms with Crippen LogP contribution in [0.15, 0.2) is 41.3 Å². The van der Waals surface area contributed by atoms with E-state index in [1.165, 1.54) is 5.56 Å². The Balaban J connectivity index is 1.89. The lowest BCUT2D eigenvalue weighted by atomic mass is 10.2. The number of rotatable bonds is 2.